The van der Waals surface area contributed by atoms with Gasteiger partial charge in [0.25, 0.3) is 0 Å². The highest BCUT2D eigenvalue weighted by Crippen LogP contribution is 2.30. The highest BCUT2D eigenvalue weighted by Gasteiger charge is 2.25. The molecule has 0 bridgehead atoms. The van der Waals surface area contributed by atoms with Crippen LogP contribution in [0.1, 0.15) is 31.7 Å². The molecule has 0 atom stereocenters. The summed E-state index contributed by atoms with van der Waals surface area (Å²) in [7, 11) is 0. The third-order valence-electron chi connectivity index (χ3n) is 5.02. The largest absolute Gasteiger partial charge is 0.466 e. The van der Waals surface area contributed by atoms with Crippen molar-refractivity contribution in [2.75, 3.05) is 36.0 Å². The molecule has 2 aliphatic rings. The summed E-state index contributed by atoms with van der Waals surface area (Å²) >= 11 is 0. The first-order chi connectivity index (χ1) is 12.4. The van der Waals surface area contributed by atoms with Gasteiger partial charge in [-0.05, 0) is 49.4 Å². The van der Waals surface area contributed by atoms with Gasteiger partial charge in [0, 0.05) is 44.4 Å². The standard InChI is InChI=1S/C19H25N3O4/c1-13-11-16(22-10-7-18(24)20-19(22)25)3-4-17(13)21-8-5-15(6-9-21)12-26-14(2)23/h3-4,11,15H,5-10,12H2,1-2H3,(H,20,24,25). The third-order valence-corrected chi connectivity index (χ3v) is 5.02. The van der Waals surface area contributed by atoms with Gasteiger partial charge in [-0.15, -0.1) is 0 Å². The zero-order valence-corrected chi connectivity index (χ0v) is 15.3. The molecule has 3 rings (SSSR count). The van der Waals surface area contributed by atoms with Crippen LogP contribution in [-0.4, -0.2) is 44.1 Å². The molecule has 0 radical (unpaired) electrons. The Labute approximate surface area is 153 Å². The molecule has 1 aromatic carbocycles. The van der Waals surface area contributed by atoms with Crippen molar-refractivity contribution in [3.8, 4) is 0 Å². The molecule has 2 aliphatic heterocycles. The van der Waals surface area contributed by atoms with E-state index >= 15 is 0 Å². The lowest BCUT2D eigenvalue weighted by Gasteiger charge is -2.35. The van der Waals surface area contributed by atoms with E-state index in [9.17, 15) is 14.4 Å². The summed E-state index contributed by atoms with van der Waals surface area (Å²) in [4.78, 5) is 38.2. The Hall–Kier alpha value is -2.57. The normalized spacial score (nSPS) is 18.7. The lowest BCUT2D eigenvalue weighted by atomic mass is 9.96. The number of piperidine rings is 1. The second-order valence-electron chi connectivity index (χ2n) is 6.96. The van der Waals surface area contributed by atoms with Crippen LogP contribution in [0.15, 0.2) is 18.2 Å². The van der Waals surface area contributed by atoms with Crippen LogP contribution in [0.25, 0.3) is 0 Å². The number of anilines is 2. The van der Waals surface area contributed by atoms with Crippen LogP contribution in [0.2, 0.25) is 0 Å². The Bertz CT molecular complexity index is 711. The fourth-order valence-electron chi connectivity index (χ4n) is 3.55. The maximum atomic E-state index is 12.0. The summed E-state index contributed by atoms with van der Waals surface area (Å²) < 4.78 is 5.12. The molecule has 0 aromatic heterocycles. The summed E-state index contributed by atoms with van der Waals surface area (Å²) in [5.41, 5.74) is 3.07. The average Bonchev–Trinajstić information content (AvgIpc) is 2.60. The predicted molar refractivity (Wildman–Crippen MR) is 98.3 cm³/mol. The van der Waals surface area contributed by atoms with Crippen molar-refractivity contribution < 1.29 is 19.1 Å². The van der Waals surface area contributed by atoms with Crippen molar-refractivity contribution >= 4 is 29.3 Å². The number of amides is 3. The lowest BCUT2D eigenvalue weighted by Crippen LogP contribution is -2.49. The van der Waals surface area contributed by atoms with Crippen molar-refractivity contribution in [1.82, 2.24) is 5.32 Å². The number of carbonyl (C=O) groups is 3. The van der Waals surface area contributed by atoms with Gasteiger partial charge in [0.1, 0.15) is 0 Å². The van der Waals surface area contributed by atoms with Crippen LogP contribution >= 0.6 is 0 Å². The van der Waals surface area contributed by atoms with Gasteiger partial charge in [-0.25, -0.2) is 4.79 Å². The van der Waals surface area contributed by atoms with Gasteiger partial charge < -0.3 is 9.64 Å². The molecule has 2 saturated heterocycles. The van der Waals surface area contributed by atoms with Crippen molar-refractivity contribution in [3.05, 3.63) is 23.8 Å². The number of aryl methyl sites for hydroxylation is 1. The molecule has 140 valence electrons. The smallest absolute Gasteiger partial charge is 0.328 e. The minimum atomic E-state index is -0.361. The SMILES string of the molecule is CC(=O)OCC1CCN(c2ccc(N3CCC(=O)NC3=O)cc2C)CC1. The minimum Gasteiger partial charge on any atom is -0.466 e. The lowest BCUT2D eigenvalue weighted by molar-refractivity contribution is -0.142. The topological polar surface area (TPSA) is 79.0 Å². The van der Waals surface area contributed by atoms with Crippen LogP contribution in [0.5, 0.6) is 0 Å². The highest BCUT2D eigenvalue weighted by atomic mass is 16.5. The number of benzene rings is 1. The maximum Gasteiger partial charge on any atom is 0.328 e. The molecule has 7 heteroatoms. The molecule has 26 heavy (non-hydrogen) atoms. The number of nitrogens with one attached hydrogen (secondary N) is 1. The number of carbonyl (C=O) groups excluding carboxylic acids is 3. The number of esters is 1. The first kappa shape index (κ1) is 18.2. The number of ether oxygens (including phenoxy) is 1. The second-order valence-corrected chi connectivity index (χ2v) is 6.96. The van der Waals surface area contributed by atoms with Crippen LogP contribution in [0.3, 0.4) is 0 Å². The van der Waals surface area contributed by atoms with E-state index in [0.717, 1.165) is 42.9 Å². The van der Waals surface area contributed by atoms with Crippen molar-refractivity contribution in [2.24, 2.45) is 5.92 Å². The van der Waals surface area contributed by atoms with E-state index in [2.05, 4.69) is 10.2 Å². The van der Waals surface area contributed by atoms with Gasteiger partial charge in [0.2, 0.25) is 5.91 Å². The molecule has 0 unspecified atom stereocenters. The molecule has 2 fully saturated rings. The van der Waals surface area contributed by atoms with E-state index in [-0.39, 0.29) is 17.9 Å². The van der Waals surface area contributed by atoms with Gasteiger partial charge in [0.15, 0.2) is 0 Å². The predicted octanol–water partition coefficient (Wildman–Crippen LogP) is 2.22. The van der Waals surface area contributed by atoms with Gasteiger partial charge in [-0.3, -0.25) is 19.8 Å². The number of rotatable bonds is 4. The van der Waals surface area contributed by atoms with Gasteiger partial charge in [-0.2, -0.15) is 0 Å². The van der Waals surface area contributed by atoms with E-state index in [1.54, 1.807) is 4.90 Å². The van der Waals surface area contributed by atoms with Crippen LogP contribution in [0.4, 0.5) is 16.2 Å². The zero-order valence-electron chi connectivity index (χ0n) is 15.3. The van der Waals surface area contributed by atoms with Crippen LogP contribution < -0.4 is 15.1 Å². The first-order valence-electron chi connectivity index (χ1n) is 9.04. The molecule has 0 saturated carbocycles. The fourth-order valence-corrected chi connectivity index (χ4v) is 3.55. The summed E-state index contributed by atoms with van der Waals surface area (Å²) in [5, 5.41) is 2.35. The molecule has 3 amide bonds. The molecule has 1 aromatic rings. The van der Waals surface area contributed by atoms with Crippen LogP contribution in [0, 0.1) is 12.8 Å². The molecule has 1 N–H and O–H groups in total. The van der Waals surface area contributed by atoms with E-state index in [0.29, 0.717) is 25.5 Å². The minimum absolute atomic E-state index is 0.220. The van der Waals surface area contributed by atoms with Gasteiger partial charge >= 0.3 is 12.0 Å². The van der Waals surface area contributed by atoms with E-state index in [1.807, 2.05) is 25.1 Å². The third kappa shape index (κ3) is 4.15. The first-order valence-corrected chi connectivity index (χ1v) is 9.04. The van der Waals surface area contributed by atoms with Crippen molar-refractivity contribution in [3.63, 3.8) is 0 Å². The van der Waals surface area contributed by atoms with Gasteiger partial charge in [-0.1, -0.05) is 0 Å². The van der Waals surface area contributed by atoms with Crippen molar-refractivity contribution in [1.29, 1.82) is 0 Å². The molecule has 0 aliphatic carbocycles. The summed E-state index contributed by atoms with van der Waals surface area (Å²) in [6.45, 7) is 6.24. The zero-order chi connectivity index (χ0) is 18.7. The van der Waals surface area contributed by atoms with Gasteiger partial charge in [0.05, 0.1) is 6.61 Å². The molecule has 7 nitrogen and oxygen atoms in total. The summed E-state index contributed by atoms with van der Waals surface area (Å²) in [5.74, 6) is -0.0251. The van der Waals surface area contributed by atoms with E-state index in [4.69, 9.17) is 4.74 Å². The summed E-state index contributed by atoms with van der Waals surface area (Å²) in [6.07, 6.45) is 2.30. The van der Waals surface area contributed by atoms with E-state index in [1.165, 1.54) is 6.92 Å². The number of urea groups is 1. The number of imide groups is 1. The fraction of sp³-hybridized carbons (Fsp3) is 0.526. The molecular formula is C19H25N3O4. The van der Waals surface area contributed by atoms with E-state index < -0.39 is 0 Å². The molecule has 0 spiro atoms. The van der Waals surface area contributed by atoms with Crippen LogP contribution in [-0.2, 0) is 14.3 Å². The number of hydrogen-bond acceptors (Lipinski definition) is 5. The second kappa shape index (κ2) is 7.76. The Morgan fingerprint density at radius 1 is 1.23 bits per heavy atom. The number of nitrogens with zero attached hydrogens (tertiary/aromatic N) is 2. The summed E-state index contributed by atoms with van der Waals surface area (Å²) in [6, 6.07) is 5.61. The maximum absolute atomic E-state index is 12.0. The Kier molecular flexibility index (Phi) is 5.44. The molecular weight excluding hydrogens is 334 g/mol. The quantitative estimate of drug-likeness (QED) is 0.834. The number of hydrogen-bond donors (Lipinski definition) is 1. The highest BCUT2D eigenvalue weighted by molar-refractivity contribution is 6.05. The Balaban J connectivity index is 1.63. The monoisotopic (exact) mass is 359 g/mol. The average molecular weight is 359 g/mol. The Morgan fingerprint density at radius 2 is 1.96 bits per heavy atom. The Morgan fingerprint density at radius 3 is 2.58 bits per heavy atom. The molecule has 2 heterocycles. The van der Waals surface area contributed by atoms with Crippen molar-refractivity contribution in [2.45, 2.75) is 33.1 Å².